The van der Waals surface area contributed by atoms with Gasteiger partial charge in [-0.2, -0.15) is 0 Å². The molecule has 0 saturated heterocycles. The van der Waals surface area contributed by atoms with E-state index in [2.05, 4.69) is 19.2 Å². The van der Waals surface area contributed by atoms with Crippen LogP contribution in [0, 0.1) is 0 Å². The van der Waals surface area contributed by atoms with Crippen molar-refractivity contribution >= 4 is 5.97 Å². The largest absolute Gasteiger partial charge is 0.462 e. The molecule has 1 aliphatic carbocycles. The molecule has 0 heterocycles. The lowest BCUT2D eigenvalue weighted by molar-refractivity contribution is -0.150. The van der Waals surface area contributed by atoms with Crippen LogP contribution in [0.2, 0.25) is 0 Å². The molecule has 1 saturated carbocycles. The van der Waals surface area contributed by atoms with Crippen LogP contribution in [0.4, 0.5) is 0 Å². The molecule has 35 heavy (non-hydrogen) atoms. The molecular formula is C31H61NO3. The third-order valence-corrected chi connectivity index (χ3v) is 7.69. The average molecular weight is 496 g/mol. The molecule has 0 radical (unpaired) electrons. The van der Waals surface area contributed by atoms with Crippen molar-refractivity contribution in [2.45, 2.75) is 186 Å². The van der Waals surface area contributed by atoms with Crippen molar-refractivity contribution in [3.05, 3.63) is 0 Å². The van der Waals surface area contributed by atoms with Gasteiger partial charge in [0.25, 0.3) is 0 Å². The fraction of sp³-hybridized carbons (Fsp3) is 0.968. The van der Waals surface area contributed by atoms with Crippen molar-refractivity contribution in [3.63, 3.8) is 0 Å². The zero-order chi connectivity index (χ0) is 25.4. The number of hydrogen-bond acceptors (Lipinski definition) is 4. The number of aliphatic hydroxyl groups is 1. The maximum atomic E-state index is 12.5. The Morgan fingerprint density at radius 2 is 1.31 bits per heavy atom. The molecule has 2 N–H and O–H groups in total. The number of aliphatic hydroxyl groups excluding tert-OH is 1. The summed E-state index contributed by atoms with van der Waals surface area (Å²) in [5.41, 5.74) is 0. The number of unbranched alkanes of at least 4 members (excludes halogenated alkanes) is 14. The lowest BCUT2D eigenvalue weighted by Gasteiger charge is -2.26. The zero-order valence-corrected chi connectivity index (χ0v) is 23.7. The minimum atomic E-state index is -0.0998. The summed E-state index contributed by atoms with van der Waals surface area (Å²) >= 11 is 0. The summed E-state index contributed by atoms with van der Waals surface area (Å²) in [7, 11) is 0. The molecule has 4 nitrogen and oxygen atoms in total. The second-order valence-corrected chi connectivity index (χ2v) is 11.2. The number of nitrogens with one attached hydrogen (secondary N) is 1. The van der Waals surface area contributed by atoms with Gasteiger partial charge in [-0.05, 0) is 70.8 Å². The van der Waals surface area contributed by atoms with E-state index < -0.39 is 0 Å². The summed E-state index contributed by atoms with van der Waals surface area (Å²) in [6, 6.07) is 0.508. The molecule has 1 fully saturated rings. The van der Waals surface area contributed by atoms with Gasteiger partial charge in [0.2, 0.25) is 0 Å². The smallest absolute Gasteiger partial charge is 0.306 e. The molecular weight excluding hydrogens is 434 g/mol. The first kappa shape index (κ1) is 32.4. The minimum absolute atomic E-state index is 0.0319. The Morgan fingerprint density at radius 1 is 0.771 bits per heavy atom. The van der Waals surface area contributed by atoms with Crippen LogP contribution in [-0.2, 0) is 9.53 Å². The Hall–Kier alpha value is -0.610. The van der Waals surface area contributed by atoms with Crippen LogP contribution in [0.1, 0.15) is 168 Å². The number of esters is 1. The van der Waals surface area contributed by atoms with Gasteiger partial charge in [0.1, 0.15) is 6.10 Å². The predicted molar refractivity (Wildman–Crippen MR) is 150 cm³/mol. The Labute approximate surface area is 218 Å². The number of ether oxygens (including phenoxy) is 1. The van der Waals surface area contributed by atoms with Crippen molar-refractivity contribution in [2.24, 2.45) is 0 Å². The molecule has 0 aromatic heterocycles. The van der Waals surface area contributed by atoms with Gasteiger partial charge in [-0.15, -0.1) is 0 Å². The second-order valence-electron chi connectivity index (χ2n) is 11.2. The highest BCUT2D eigenvalue weighted by atomic mass is 16.5. The summed E-state index contributed by atoms with van der Waals surface area (Å²) < 4.78 is 5.96. The average Bonchev–Trinajstić information content (AvgIpc) is 2.85. The van der Waals surface area contributed by atoms with Gasteiger partial charge in [0, 0.05) is 12.5 Å². The quantitative estimate of drug-likeness (QED) is 0.104. The van der Waals surface area contributed by atoms with E-state index in [1.54, 1.807) is 0 Å². The third kappa shape index (κ3) is 20.2. The maximum Gasteiger partial charge on any atom is 0.306 e. The number of rotatable bonds is 24. The predicted octanol–water partition coefficient (Wildman–Crippen LogP) is 8.63. The number of carbonyl (C=O) groups excluding carboxylic acids is 1. The lowest BCUT2D eigenvalue weighted by Crippen LogP contribution is -2.36. The van der Waals surface area contributed by atoms with Gasteiger partial charge in [-0.25, -0.2) is 0 Å². The monoisotopic (exact) mass is 495 g/mol. The second kappa shape index (κ2) is 23.8. The van der Waals surface area contributed by atoms with Gasteiger partial charge in [-0.3, -0.25) is 4.79 Å². The molecule has 0 bridgehead atoms. The topological polar surface area (TPSA) is 58.6 Å². The van der Waals surface area contributed by atoms with Crippen LogP contribution in [-0.4, -0.2) is 35.9 Å². The van der Waals surface area contributed by atoms with Crippen molar-refractivity contribution in [3.8, 4) is 0 Å². The Kier molecular flexibility index (Phi) is 22.0. The van der Waals surface area contributed by atoms with E-state index in [-0.39, 0.29) is 18.2 Å². The fourth-order valence-corrected chi connectivity index (χ4v) is 5.39. The first-order valence-corrected chi connectivity index (χ1v) is 15.8. The van der Waals surface area contributed by atoms with Crippen molar-refractivity contribution < 1.29 is 14.6 Å². The summed E-state index contributed by atoms with van der Waals surface area (Å²) in [6.07, 6.45) is 28.2. The van der Waals surface area contributed by atoms with Gasteiger partial charge >= 0.3 is 5.97 Å². The Bertz CT molecular complexity index is 454. The maximum absolute atomic E-state index is 12.5. The van der Waals surface area contributed by atoms with E-state index in [1.807, 2.05) is 0 Å². The van der Waals surface area contributed by atoms with Crippen LogP contribution in [0.25, 0.3) is 0 Å². The lowest BCUT2D eigenvalue weighted by atomic mass is 9.93. The highest BCUT2D eigenvalue weighted by Crippen LogP contribution is 2.19. The molecule has 2 atom stereocenters. The summed E-state index contributed by atoms with van der Waals surface area (Å²) in [5.74, 6) is 0.0319. The Morgan fingerprint density at radius 3 is 1.91 bits per heavy atom. The highest BCUT2D eigenvalue weighted by Gasteiger charge is 2.19. The third-order valence-electron chi connectivity index (χ3n) is 7.69. The van der Waals surface area contributed by atoms with Gasteiger partial charge in [0.15, 0.2) is 0 Å². The van der Waals surface area contributed by atoms with Crippen molar-refractivity contribution in [1.82, 2.24) is 5.32 Å². The van der Waals surface area contributed by atoms with Crippen LogP contribution in [0.15, 0.2) is 0 Å². The van der Waals surface area contributed by atoms with E-state index in [9.17, 15) is 9.90 Å². The van der Waals surface area contributed by atoms with E-state index >= 15 is 0 Å². The first-order valence-electron chi connectivity index (χ1n) is 15.8. The van der Waals surface area contributed by atoms with E-state index in [1.165, 1.54) is 103 Å². The van der Waals surface area contributed by atoms with Gasteiger partial charge in [0.05, 0.1) is 6.10 Å². The molecule has 4 heteroatoms. The van der Waals surface area contributed by atoms with Gasteiger partial charge < -0.3 is 15.2 Å². The van der Waals surface area contributed by atoms with Crippen molar-refractivity contribution in [1.29, 1.82) is 0 Å². The van der Waals surface area contributed by atoms with Gasteiger partial charge in [-0.1, -0.05) is 97.3 Å². The normalized spacial score (nSPS) is 18.3. The van der Waals surface area contributed by atoms with Crippen LogP contribution >= 0.6 is 0 Å². The molecule has 0 amide bonds. The minimum Gasteiger partial charge on any atom is -0.462 e. The molecule has 0 aliphatic heterocycles. The molecule has 1 aliphatic rings. The molecule has 0 unspecified atom stereocenters. The molecule has 0 aromatic carbocycles. The van der Waals surface area contributed by atoms with Crippen molar-refractivity contribution in [2.75, 3.05) is 6.54 Å². The molecule has 0 spiro atoms. The van der Waals surface area contributed by atoms with Crippen LogP contribution < -0.4 is 5.32 Å². The number of carbonyl (C=O) groups is 1. The van der Waals surface area contributed by atoms with E-state index in [0.717, 1.165) is 51.5 Å². The molecule has 1 rings (SSSR count). The Balaban J connectivity index is 2.10. The number of hydrogen-bond donors (Lipinski definition) is 2. The summed E-state index contributed by atoms with van der Waals surface area (Å²) in [6.45, 7) is 5.58. The van der Waals surface area contributed by atoms with Crippen LogP contribution in [0.5, 0.6) is 0 Å². The molecule has 208 valence electrons. The summed E-state index contributed by atoms with van der Waals surface area (Å²) in [5, 5.41) is 13.4. The zero-order valence-electron chi connectivity index (χ0n) is 23.7. The van der Waals surface area contributed by atoms with Crippen LogP contribution in [0.3, 0.4) is 0 Å². The highest BCUT2D eigenvalue weighted by molar-refractivity contribution is 5.69. The first-order chi connectivity index (χ1) is 17.2. The SMILES string of the molecule is CCCCCCCCC(CCCCCCCC)OC(=O)CCCCCCCN[C@H]1CCC[C@@H](O)C1. The molecule has 0 aromatic rings. The standard InChI is InChI=1S/C31H61NO3/c1-3-5-7-9-12-16-23-30(24-17-13-10-8-6-4-2)35-31(34)25-18-14-11-15-19-26-32-28-21-20-22-29(33)27-28/h28-30,32-33H,3-27H2,1-2H3/t28-,29+/m0/s1. The fourth-order valence-electron chi connectivity index (χ4n) is 5.39. The van der Waals surface area contributed by atoms with E-state index in [0.29, 0.717) is 12.5 Å². The van der Waals surface area contributed by atoms with E-state index in [4.69, 9.17) is 4.74 Å². The summed E-state index contributed by atoms with van der Waals surface area (Å²) in [4.78, 5) is 12.5.